The zero-order valence-electron chi connectivity index (χ0n) is 29.5. The average molecular weight is 735 g/mol. The maximum absolute atomic E-state index is 13.5. The predicted octanol–water partition coefficient (Wildman–Crippen LogP) is 9.38. The van der Waals surface area contributed by atoms with Gasteiger partial charge in [0, 0.05) is 12.4 Å². The summed E-state index contributed by atoms with van der Waals surface area (Å²) in [6.07, 6.45) is 3.46. The molecule has 6 aromatic rings. The summed E-state index contributed by atoms with van der Waals surface area (Å²) in [4.78, 5) is 19.3. The van der Waals surface area contributed by atoms with Crippen molar-refractivity contribution in [2.24, 2.45) is 0 Å². The van der Waals surface area contributed by atoms with E-state index in [4.69, 9.17) is 28.1 Å². The lowest BCUT2D eigenvalue weighted by Gasteiger charge is -2.18. The Morgan fingerprint density at radius 1 is 0.423 bits per heavy atom. The van der Waals surface area contributed by atoms with Crippen LogP contribution < -0.4 is 10.6 Å². The van der Waals surface area contributed by atoms with E-state index < -0.39 is 15.2 Å². The highest BCUT2D eigenvalue weighted by molar-refractivity contribution is 7.62. The molecule has 0 bridgehead atoms. The summed E-state index contributed by atoms with van der Waals surface area (Å²) in [7, 11) is -6.91. The third kappa shape index (κ3) is 8.35. The summed E-state index contributed by atoms with van der Waals surface area (Å²) in [6, 6.07) is 34.0. The SMILES string of the molecule is CCOP(=O)(OCC)c1ccc(-c2cc(-c3ccccn3)nc(-c3cc(-c4ccc(P(=O)(OCC)OCC)cc4)cc(-c4ccccn4)n3)c2)cc1. The normalized spacial score (nSPS) is 11.8. The smallest absolute Gasteiger partial charge is 0.305 e. The highest BCUT2D eigenvalue weighted by atomic mass is 31.2. The van der Waals surface area contributed by atoms with Gasteiger partial charge in [0.05, 0.1) is 71.2 Å². The molecule has 0 aliphatic heterocycles. The molecular formula is C40H40N4O6P2. The van der Waals surface area contributed by atoms with E-state index in [1.165, 1.54) is 0 Å². The van der Waals surface area contributed by atoms with Gasteiger partial charge in [0.2, 0.25) is 0 Å². The molecule has 0 atom stereocenters. The topological polar surface area (TPSA) is 123 Å². The second-order valence-electron chi connectivity index (χ2n) is 11.4. The van der Waals surface area contributed by atoms with Gasteiger partial charge in [-0.15, -0.1) is 0 Å². The van der Waals surface area contributed by atoms with Gasteiger partial charge in [0.1, 0.15) is 0 Å². The van der Waals surface area contributed by atoms with Gasteiger partial charge in [-0.25, -0.2) is 9.97 Å². The molecule has 2 aromatic carbocycles. The van der Waals surface area contributed by atoms with E-state index in [0.29, 0.717) is 44.8 Å². The van der Waals surface area contributed by atoms with Crippen LogP contribution in [0.5, 0.6) is 0 Å². The monoisotopic (exact) mass is 734 g/mol. The Morgan fingerprint density at radius 2 is 0.750 bits per heavy atom. The lowest BCUT2D eigenvalue weighted by Crippen LogP contribution is -2.10. The summed E-state index contributed by atoms with van der Waals surface area (Å²) in [5.41, 5.74) is 7.40. The summed E-state index contributed by atoms with van der Waals surface area (Å²) in [6.45, 7) is 8.21. The average Bonchev–Trinajstić information content (AvgIpc) is 3.19. The number of aromatic nitrogens is 4. The van der Waals surface area contributed by atoms with Crippen LogP contribution in [0.1, 0.15) is 27.7 Å². The van der Waals surface area contributed by atoms with Gasteiger partial charge in [-0.05, 0) is 123 Å². The minimum absolute atomic E-state index is 0.262. The van der Waals surface area contributed by atoms with Gasteiger partial charge < -0.3 is 18.1 Å². The van der Waals surface area contributed by atoms with E-state index in [1.807, 2.05) is 84.9 Å². The second-order valence-corrected chi connectivity index (χ2v) is 15.5. The fourth-order valence-corrected chi connectivity index (χ4v) is 8.81. The van der Waals surface area contributed by atoms with Crippen molar-refractivity contribution >= 4 is 25.8 Å². The molecule has 0 aliphatic rings. The molecule has 12 heteroatoms. The van der Waals surface area contributed by atoms with Crippen LogP contribution in [0.25, 0.3) is 56.4 Å². The first-order chi connectivity index (χ1) is 25.3. The minimum atomic E-state index is -3.46. The standard InChI is InChI=1S/C40H40N4O6P2/c1-5-47-51(45,48-6-2)33-19-15-29(16-20-33)31-25-37(35-13-9-11-23-41-35)43-39(27-31)40-28-32(26-38(44-40)36-14-10-12-24-42-36)30-17-21-34(22-18-30)52(46,49-7-3)50-8-4/h9-28H,5-8H2,1-4H3. The van der Waals surface area contributed by atoms with Gasteiger partial charge in [0.15, 0.2) is 0 Å². The highest BCUT2D eigenvalue weighted by Crippen LogP contribution is 2.48. The molecule has 0 fully saturated rings. The highest BCUT2D eigenvalue weighted by Gasteiger charge is 2.28. The molecular weight excluding hydrogens is 694 g/mol. The Kier molecular flexibility index (Phi) is 12.0. The van der Waals surface area contributed by atoms with Gasteiger partial charge >= 0.3 is 15.2 Å². The van der Waals surface area contributed by atoms with E-state index >= 15 is 0 Å². The Hall–Kier alpha value is -4.66. The van der Waals surface area contributed by atoms with Crippen LogP contribution in [-0.4, -0.2) is 46.4 Å². The summed E-state index contributed by atoms with van der Waals surface area (Å²) < 4.78 is 49.2. The minimum Gasteiger partial charge on any atom is -0.305 e. The predicted molar refractivity (Wildman–Crippen MR) is 206 cm³/mol. The number of benzene rings is 2. The van der Waals surface area contributed by atoms with Crippen LogP contribution >= 0.6 is 15.2 Å². The molecule has 0 radical (unpaired) electrons. The van der Waals surface area contributed by atoms with Crippen LogP contribution in [0.2, 0.25) is 0 Å². The lowest BCUT2D eigenvalue weighted by atomic mass is 10.00. The first-order valence-corrected chi connectivity index (χ1v) is 20.2. The largest absolute Gasteiger partial charge is 0.361 e. The molecule has 0 N–H and O–H groups in total. The molecule has 0 aliphatic carbocycles. The van der Waals surface area contributed by atoms with Gasteiger partial charge in [-0.2, -0.15) is 0 Å². The van der Waals surface area contributed by atoms with Crippen LogP contribution in [0.3, 0.4) is 0 Å². The first kappa shape index (κ1) is 37.1. The maximum atomic E-state index is 13.5. The molecule has 4 aromatic heterocycles. The maximum Gasteiger partial charge on any atom is 0.361 e. The molecule has 266 valence electrons. The van der Waals surface area contributed by atoms with Crippen LogP contribution in [0, 0.1) is 0 Å². The van der Waals surface area contributed by atoms with Crippen molar-refractivity contribution in [1.82, 2.24) is 19.9 Å². The van der Waals surface area contributed by atoms with Crippen LogP contribution in [0.4, 0.5) is 0 Å². The zero-order chi connectivity index (χ0) is 36.6. The van der Waals surface area contributed by atoms with Gasteiger partial charge in [0.25, 0.3) is 0 Å². The van der Waals surface area contributed by atoms with Crippen LogP contribution in [0.15, 0.2) is 122 Å². The Balaban J connectivity index is 1.49. The summed E-state index contributed by atoms with van der Waals surface area (Å²) >= 11 is 0. The first-order valence-electron chi connectivity index (χ1n) is 17.2. The van der Waals surface area contributed by atoms with Crippen molar-refractivity contribution in [3.8, 4) is 56.4 Å². The van der Waals surface area contributed by atoms with Crippen molar-refractivity contribution in [2.45, 2.75) is 27.7 Å². The second kappa shape index (κ2) is 16.8. The fraction of sp³-hybridized carbons (Fsp3) is 0.200. The van der Waals surface area contributed by atoms with E-state index in [2.05, 4.69) is 9.97 Å². The molecule has 10 nitrogen and oxygen atoms in total. The molecule has 0 spiro atoms. The van der Waals surface area contributed by atoms with Crippen molar-refractivity contribution in [2.75, 3.05) is 26.4 Å². The van der Waals surface area contributed by atoms with Gasteiger partial charge in [-0.3, -0.25) is 19.1 Å². The molecule has 0 amide bonds. The van der Waals surface area contributed by atoms with E-state index in [-0.39, 0.29) is 26.4 Å². The molecule has 4 heterocycles. The fourth-order valence-electron chi connectivity index (χ4n) is 5.67. The molecule has 6 rings (SSSR count). The Bertz CT molecular complexity index is 2020. The quantitative estimate of drug-likeness (QED) is 0.0943. The number of hydrogen-bond acceptors (Lipinski definition) is 10. The van der Waals surface area contributed by atoms with E-state index in [9.17, 15) is 9.13 Å². The third-order valence-electron chi connectivity index (χ3n) is 8.00. The van der Waals surface area contributed by atoms with Crippen molar-refractivity contribution in [3.05, 3.63) is 122 Å². The van der Waals surface area contributed by atoms with Gasteiger partial charge in [-0.1, -0.05) is 36.4 Å². The van der Waals surface area contributed by atoms with E-state index in [0.717, 1.165) is 22.3 Å². The molecule has 0 saturated heterocycles. The Labute approximate surface area is 304 Å². The third-order valence-corrected chi connectivity index (χ3v) is 12.3. The number of rotatable bonds is 15. The van der Waals surface area contributed by atoms with Crippen molar-refractivity contribution in [1.29, 1.82) is 0 Å². The van der Waals surface area contributed by atoms with E-state index in [1.54, 1.807) is 64.4 Å². The van der Waals surface area contributed by atoms with Crippen molar-refractivity contribution < 1.29 is 27.2 Å². The number of nitrogens with zero attached hydrogens (tertiary/aromatic N) is 4. The zero-order valence-corrected chi connectivity index (χ0v) is 31.3. The summed E-state index contributed by atoms with van der Waals surface area (Å²) in [5, 5.41) is 0.969. The number of pyridine rings is 4. The summed E-state index contributed by atoms with van der Waals surface area (Å²) in [5.74, 6) is 0. The molecule has 0 unspecified atom stereocenters. The Morgan fingerprint density at radius 3 is 1.04 bits per heavy atom. The number of hydrogen-bond donors (Lipinski definition) is 0. The van der Waals surface area contributed by atoms with Crippen LogP contribution in [-0.2, 0) is 27.2 Å². The molecule has 52 heavy (non-hydrogen) atoms. The van der Waals surface area contributed by atoms with Crippen molar-refractivity contribution in [3.63, 3.8) is 0 Å². The lowest BCUT2D eigenvalue weighted by molar-refractivity contribution is 0.229. The molecule has 0 saturated carbocycles.